The van der Waals surface area contributed by atoms with Crippen LogP contribution in [0.2, 0.25) is 0 Å². The lowest BCUT2D eigenvalue weighted by Gasteiger charge is -2.06. The molecule has 0 aliphatic rings. The highest BCUT2D eigenvalue weighted by atomic mass is 79.9. The molecule has 0 bridgehead atoms. The maximum atomic E-state index is 13.7. The molecule has 13 heteroatoms. The van der Waals surface area contributed by atoms with Crippen LogP contribution < -0.4 is 5.32 Å². The summed E-state index contributed by atoms with van der Waals surface area (Å²) >= 11 is 2.70. The first-order valence-electron chi connectivity index (χ1n) is 7.07. The van der Waals surface area contributed by atoms with Crippen LogP contribution in [0, 0.1) is 11.6 Å². The molecule has 1 amide bonds. The van der Waals surface area contributed by atoms with Crippen LogP contribution in [-0.4, -0.2) is 30.9 Å². The molecule has 0 atom stereocenters. The third-order valence-corrected chi connectivity index (χ3v) is 4.13. The van der Waals surface area contributed by atoms with Gasteiger partial charge in [0, 0.05) is 7.05 Å². The largest absolute Gasteiger partial charge is 0.434 e. The predicted molar refractivity (Wildman–Crippen MR) is 85.6 cm³/mol. The summed E-state index contributed by atoms with van der Waals surface area (Å²) in [6, 6.07) is 3.16. The Morgan fingerprint density at radius 1 is 1.26 bits per heavy atom. The minimum absolute atomic E-state index is 0.308. The van der Waals surface area contributed by atoms with Crippen molar-refractivity contribution in [2.75, 3.05) is 5.32 Å². The number of H-pyrrole nitrogens is 1. The zero-order valence-electron chi connectivity index (χ0n) is 13.2. The van der Waals surface area contributed by atoms with Gasteiger partial charge in [0.1, 0.15) is 11.6 Å². The molecule has 0 unspecified atom stereocenters. The molecule has 2 heterocycles. The van der Waals surface area contributed by atoms with Crippen molar-refractivity contribution in [3.63, 3.8) is 0 Å². The Labute approximate surface area is 155 Å². The van der Waals surface area contributed by atoms with Gasteiger partial charge in [-0.3, -0.25) is 19.9 Å². The third kappa shape index (κ3) is 3.54. The molecular formula is C14H8BrF5N6O. The lowest BCUT2D eigenvalue weighted by molar-refractivity contribution is -0.144. The molecule has 3 rings (SSSR count). The van der Waals surface area contributed by atoms with E-state index >= 15 is 0 Å². The lowest BCUT2D eigenvalue weighted by atomic mass is 10.2. The van der Waals surface area contributed by atoms with Gasteiger partial charge >= 0.3 is 6.18 Å². The quantitative estimate of drug-likeness (QED) is 0.597. The SMILES string of the molecule is Cn1nc(C(=O)Nc2n[nH]c(-c3c(F)cccc3F)n2)c(Br)c1C(F)(F)F. The highest BCUT2D eigenvalue weighted by molar-refractivity contribution is 9.10. The minimum Gasteiger partial charge on any atom is -0.288 e. The summed E-state index contributed by atoms with van der Waals surface area (Å²) in [4.78, 5) is 15.9. The Balaban J connectivity index is 1.88. The molecule has 2 aromatic heterocycles. The van der Waals surface area contributed by atoms with Gasteiger partial charge < -0.3 is 0 Å². The molecule has 0 fully saturated rings. The molecular weight excluding hydrogens is 443 g/mol. The average Bonchev–Trinajstić information content (AvgIpc) is 3.11. The van der Waals surface area contributed by atoms with E-state index in [1.165, 1.54) is 0 Å². The number of nitrogens with zero attached hydrogens (tertiary/aromatic N) is 4. The highest BCUT2D eigenvalue weighted by Gasteiger charge is 2.39. The fourth-order valence-electron chi connectivity index (χ4n) is 2.27. The van der Waals surface area contributed by atoms with E-state index < -0.39 is 51.1 Å². The van der Waals surface area contributed by atoms with Crippen molar-refractivity contribution >= 4 is 27.8 Å². The van der Waals surface area contributed by atoms with Gasteiger partial charge in [-0.15, -0.1) is 5.10 Å². The maximum Gasteiger partial charge on any atom is 0.434 e. The summed E-state index contributed by atoms with van der Waals surface area (Å²) in [7, 11) is 1.02. The van der Waals surface area contributed by atoms with Crippen LogP contribution in [0.25, 0.3) is 11.4 Å². The summed E-state index contributed by atoms with van der Waals surface area (Å²) in [6.45, 7) is 0. The van der Waals surface area contributed by atoms with E-state index in [9.17, 15) is 26.7 Å². The van der Waals surface area contributed by atoms with Crippen LogP contribution in [0.1, 0.15) is 16.2 Å². The number of alkyl halides is 3. The van der Waals surface area contributed by atoms with Gasteiger partial charge in [-0.05, 0) is 28.1 Å². The number of aromatic amines is 1. The van der Waals surface area contributed by atoms with E-state index in [4.69, 9.17) is 0 Å². The highest BCUT2D eigenvalue weighted by Crippen LogP contribution is 2.36. The summed E-state index contributed by atoms with van der Waals surface area (Å²) < 4.78 is 66.3. The Bertz CT molecular complexity index is 1010. The molecule has 0 radical (unpaired) electrons. The van der Waals surface area contributed by atoms with Gasteiger partial charge in [0.2, 0.25) is 5.95 Å². The van der Waals surface area contributed by atoms with Gasteiger partial charge in [-0.1, -0.05) is 6.07 Å². The topological polar surface area (TPSA) is 88.5 Å². The second kappa shape index (κ2) is 6.72. The molecule has 7 nitrogen and oxygen atoms in total. The van der Waals surface area contributed by atoms with E-state index in [1.54, 1.807) is 0 Å². The normalized spacial score (nSPS) is 11.7. The number of nitrogens with one attached hydrogen (secondary N) is 2. The van der Waals surface area contributed by atoms with Crippen molar-refractivity contribution in [2.45, 2.75) is 6.18 Å². The van der Waals surface area contributed by atoms with Crippen molar-refractivity contribution in [1.82, 2.24) is 25.0 Å². The van der Waals surface area contributed by atoms with Gasteiger partial charge in [0.15, 0.2) is 17.2 Å². The van der Waals surface area contributed by atoms with Crippen molar-refractivity contribution in [3.8, 4) is 11.4 Å². The summed E-state index contributed by atoms with van der Waals surface area (Å²) in [6.07, 6.45) is -4.74. The smallest absolute Gasteiger partial charge is 0.288 e. The van der Waals surface area contributed by atoms with Gasteiger partial charge in [0.25, 0.3) is 5.91 Å². The predicted octanol–water partition coefficient (Wildman–Crippen LogP) is 3.52. The standard InChI is InChI=1S/C14H8BrF5N6O/c1-26-10(14(18,19)20)8(15)9(25-26)12(27)22-13-21-11(23-24-13)7-5(16)3-2-4-6(7)17/h2-4H,1H3,(H2,21,22,23,24,27). The first-order valence-corrected chi connectivity index (χ1v) is 7.86. The number of hydrogen-bond donors (Lipinski definition) is 2. The minimum atomic E-state index is -4.74. The number of anilines is 1. The Hall–Kier alpha value is -2.83. The van der Waals surface area contributed by atoms with Gasteiger partial charge in [-0.25, -0.2) is 8.78 Å². The zero-order valence-corrected chi connectivity index (χ0v) is 14.8. The van der Waals surface area contributed by atoms with Crippen LogP contribution >= 0.6 is 15.9 Å². The van der Waals surface area contributed by atoms with Crippen LogP contribution in [-0.2, 0) is 13.2 Å². The zero-order chi connectivity index (χ0) is 19.9. The lowest BCUT2D eigenvalue weighted by Crippen LogP contribution is -2.14. The summed E-state index contributed by atoms with van der Waals surface area (Å²) in [5, 5.41) is 11.4. The van der Waals surface area contributed by atoms with Crippen molar-refractivity contribution in [3.05, 3.63) is 45.7 Å². The van der Waals surface area contributed by atoms with Crippen molar-refractivity contribution in [2.24, 2.45) is 7.05 Å². The summed E-state index contributed by atoms with van der Waals surface area (Å²) in [5.74, 6) is -3.58. The number of carbonyl (C=O) groups is 1. The number of hydrogen-bond acceptors (Lipinski definition) is 4. The third-order valence-electron chi connectivity index (χ3n) is 3.38. The number of rotatable bonds is 3. The van der Waals surface area contributed by atoms with Gasteiger partial charge in [0.05, 0.1) is 10.0 Å². The first-order chi connectivity index (χ1) is 12.6. The summed E-state index contributed by atoms with van der Waals surface area (Å²) in [5.41, 5.74) is -2.21. The molecule has 0 saturated heterocycles. The number of halogens is 6. The van der Waals surface area contributed by atoms with E-state index in [1.807, 2.05) is 0 Å². The van der Waals surface area contributed by atoms with Gasteiger partial charge in [-0.2, -0.15) is 23.3 Å². The second-order valence-electron chi connectivity index (χ2n) is 5.19. The second-order valence-corrected chi connectivity index (χ2v) is 5.98. The molecule has 2 N–H and O–H groups in total. The number of aromatic nitrogens is 5. The number of aryl methyl sites for hydroxylation is 1. The Morgan fingerprint density at radius 2 is 1.89 bits per heavy atom. The number of benzene rings is 1. The number of carbonyl (C=O) groups excluding carboxylic acids is 1. The van der Waals surface area contributed by atoms with Crippen LogP contribution in [0.4, 0.5) is 27.9 Å². The first kappa shape index (κ1) is 18.9. The van der Waals surface area contributed by atoms with Crippen molar-refractivity contribution < 1.29 is 26.7 Å². The van der Waals surface area contributed by atoms with Crippen LogP contribution in [0.5, 0.6) is 0 Å². The molecule has 1 aromatic carbocycles. The van der Waals surface area contributed by atoms with Crippen LogP contribution in [0.15, 0.2) is 22.7 Å². The monoisotopic (exact) mass is 450 g/mol. The number of amides is 1. The van der Waals surface area contributed by atoms with E-state index in [-0.39, 0.29) is 5.82 Å². The molecule has 0 aliphatic carbocycles. The van der Waals surface area contributed by atoms with E-state index in [2.05, 4.69) is 41.5 Å². The fourth-order valence-corrected chi connectivity index (χ4v) is 3.01. The van der Waals surface area contributed by atoms with E-state index in [0.717, 1.165) is 25.2 Å². The molecule has 0 spiro atoms. The Kier molecular flexibility index (Phi) is 4.71. The molecule has 0 saturated carbocycles. The maximum absolute atomic E-state index is 13.7. The van der Waals surface area contributed by atoms with E-state index in [0.29, 0.717) is 4.68 Å². The molecule has 142 valence electrons. The molecule has 27 heavy (non-hydrogen) atoms. The van der Waals surface area contributed by atoms with Crippen LogP contribution in [0.3, 0.4) is 0 Å². The van der Waals surface area contributed by atoms with Crippen molar-refractivity contribution in [1.29, 1.82) is 0 Å². The Morgan fingerprint density at radius 3 is 2.44 bits per heavy atom. The molecule has 0 aliphatic heterocycles. The average molecular weight is 451 g/mol. The fraction of sp³-hybridized carbons (Fsp3) is 0.143. The molecule has 3 aromatic rings.